The van der Waals surface area contributed by atoms with E-state index in [1.165, 1.54) is 33.7 Å². The molecule has 1 heterocycles. The summed E-state index contributed by atoms with van der Waals surface area (Å²) in [7, 11) is 0. The van der Waals surface area contributed by atoms with E-state index < -0.39 is 22.7 Å². The first kappa shape index (κ1) is 25.6. The molecule has 0 fully saturated rings. The third-order valence-corrected chi connectivity index (χ3v) is 5.47. The van der Waals surface area contributed by atoms with Gasteiger partial charge in [-0.05, 0) is 54.8 Å². The molecule has 1 amide bonds. The third-order valence-electron chi connectivity index (χ3n) is 4.73. The highest BCUT2D eigenvalue weighted by Gasteiger charge is 2.30. The SMILES string of the molecule is CCCCn1c(N)c(N(CCC(C)C)C(=O)c2ccc(SC(F)(F)F)cc2)c(=O)[nH]c1=O. The summed E-state index contributed by atoms with van der Waals surface area (Å²) in [5.41, 5.74) is 0.237. The predicted molar refractivity (Wildman–Crippen MR) is 120 cm³/mol. The number of nitrogen functional groups attached to an aromatic ring is 1. The Labute approximate surface area is 187 Å². The molecule has 1 aromatic heterocycles. The number of aromatic amines is 1. The number of thioether (sulfide) groups is 1. The molecule has 2 rings (SSSR count). The fourth-order valence-electron chi connectivity index (χ4n) is 3.03. The molecule has 0 saturated carbocycles. The van der Waals surface area contributed by atoms with Gasteiger partial charge >= 0.3 is 11.2 Å². The topological polar surface area (TPSA) is 101 Å². The second-order valence-corrected chi connectivity index (χ2v) is 8.85. The molecule has 0 bridgehead atoms. The van der Waals surface area contributed by atoms with Crippen LogP contribution in [0.15, 0.2) is 38.8 Å². The van der Waals surface area contributed by atoms with Crippen LogP contribution < -0.4 is 21.9 Å². The van der Waals surface area contributed by atoms with E-state index in [-0.39, 0.29) is 52.7 Å². The molecule has 0 atom stereocenters. The van der Waals surface area contributed by atoms with Crippen LogP contribution in [0.2, 0.25) is 0 Å². The van der Waals surface area contributed by atoms with Gasteiger partial charge in [0, 0.05) is 23.5 Å². The van der Waals surface area contributed by atoms with Crippen LogP contribution in [0.1, 0.15) is 50.4 Å². The molecule has 0 unspecified atom stereocenters. The number of carbonyl (C=O) groups is 1. The van der Waals surface area contributed by atoms with E-state index in [1.54, 1.807) is 0 Å². The largest absolute Gasteiger partial charge is 0.446 e. The van der Waals surface area contributed by atoms with Crippen molar-refractivity contribution in [1.82, 2.24) is 9.55 Å². The van der Waals surface area contributed by atoms with Crippen molar-refractivity contribution in [2.75, 3.05) is 17.2 Å². The lowest BCUT2D eigenvalue weighted by molar-refractivity contribution is -0.0328. The summed E-state index contributed by atoms with van der Waals surface area (Å²) in [4.78, 5) is 41.5. The molecule has 0 radical (unpaired) electrons. The number of nitrogens with one attached hydrogen (secondary N) is 1. The first-order chi connectivity index (χ1) is 14.9. The van der Waals surface area contributed by atoms with Crippen molar-refractivity contribution >= 4 is 29.2 Å². The molecule has 0 aliphatic heterocycles. The molecular weight excluding hydrogens is 445 g/mol. The third kappa shape index (κ3) is 6.65. The molecule has 0 saturated heterocycles. The molecule has 0 aliphatic rings. The Morgan fingerprint density at radius 2 is 1.84 bits per heavy atom. The fraction of sp³-hybridized carbons (Fsp3) is 0.476. The zero-order chi connectivity index (χ0) is 24.1. The minimum Gasteiger partial charge on any atom is -0.383 e. The Balaban J connectivity index is 2.50. The van der Waals surface area contributed by atoms with E-state index in [1.807, 2.05) is 20.8 Å². The Morgan fingerprint density at radius 1 is 1.22 bits per heavy atom. The molecule has 176 valence electrons. The number of unbranched alkanes of at least 4 members (excludes halogenated alkanes) is 1. The van der Waals surface area contributed by atoms with E-state index in [0.717, 1.165) is 6.42 Å². The van der Waals surface area contributed by atoms with Crippen LogP contribution in [0, 0.1) is 5.92 Å². The van der Waals surface area contributed by atoms with Gasteiger partial charge in [-0.15, -0.1) is 0 Å². The molecular formula is C21H27F3N4O3S. The van der Waals surface area contributed by atoms with Crippen molar-refractivity contribution < 1.29 is 18.0 Å². The summed E-state index contributed by atoms with van der Waals surface area (Å²) in [6, 6.07) is 4.94. The van der Waals surface area contributed by atoms with Gasteiger partial charge in [0.25, 0.3) is 11.5 Å². The molecule has 2 aromatic rings. The highest BCUT2D eigenvalue weighted by Crippen LogP contribution is 2.36. The van der Waals surface area contributed by atoms with Crippen molar-refractivity contribution in [2.45, 2.75) is 57.0 Å². The number of benzene rings is 1. The Morgan fingerprint density at radius 3 is 2.38 bits per heavy atom. The van der Waals surface area contributed by atoms with Crippen molar-refractivity contribution in [1.29, 1.82) is 0 Å². The Bertz CT molecular complexity index is 1050. The molecule has 7 nitrogen and oxygen atoms in total. The standard InChI is InChI=1S/C21H27F3N4O3S/c1-4-5-11-28-17(25)16(18(29)26-20(28)31)27(12-10-13(2)3)19(30)14-6-8-15(9-7-14)32-21(22,23)24/h6-9,13H,4-5,10-12,25H2,1-3H3,(H,26,29,31). The lowest BCUT2D eigenvalue weighted by Crippen LogP contribution is -2.42. The van der Waals surface area contributed by atoms with Gasteiger partial charge in [-0.3, -0.25) is 19.1 Å². The number of carbonyl (C=O) groups excluding carboxylic acids is 1. The van der Waals surface area contributed by atoms with Crippen LogP contribution in [0.25, 0.3) is 0 Å². The number of hydrogen-bond acceptors (Lipinski definition) is 5. The Kier molecular flexibility index (Phi) is 8.59. The average Bonchev–Trinajstić information content (AvgIpc) is 2.68. The van der Waals surface area contributed by atoms with Crippen LogP contribution in [0.4, 0.5) is 24.7 Å². The number of anilines is 2. The van der Waals surface area contributed by atoms with Crippen LogP contribution in [0.3, 0.4) is 0 Å². The first-order valence-corrected chi connectivity index (χ1v) is 11.1. The minimum absolute atomic E-state index is 0.0618. The van der Waals surface area contributed by atoms with E-state index in [9.17, 15) is 27.6 Å². The molecule has 1 aromatic carbocycles. The molecule has 3 N–H and O–H groups in total. The Hall–Kier alpha value is -2.69. The van der Waals surface area contributed by atoms with Gasteiger partial charge in [-0.25, -0.2) is 4.79 Å². The highest BCUT2D eigenvalue weighted by atomic mass is 32.2. The average molecular weight is 473 g/mol. The quantitative estimate of drug-likeness (QED) is 0.532. The summed E-state index contributed by atoms with van der Waals surface area (Å²) in [6.07, 6.45) is 1.98. The van der Waals surface area contributed by atoms with Gasteiger partial charge in [0.15, 0.2) is 5.69 Å². The highest BCUT2D eigenvalue weighted by molar-refractivity contribution is 8.00. The zero-order valence-corrected chi connectivity index (χ0v) is 19.0. The normalized spacial score (nSPS) is 11.7. The number of nitrogens with zero attached hydrogens (tertiary/aromatic N) is 2. The lowest BCUT2D eigenvalue weighted by atomic mass is 10.1. The summed E-state index contributed by atoms with van der Waals surface area (Å²) >= 11 is -0.282. The smallest absolute Gasteiger partial charge is 0.383 e. The van der Waals surface area contributed by atoms with E-state index in [2.05, 4.69) is 4.98 Å². The van der Waals surface area contributed by atoms with Gasteiger partial charge in [-0.1, -0.05) is 27.2 Å². The van der Waals surface area contributed by atoms with Crippen LogP contribution in [-0.2, 0) is 6.54 Å². The maximum absolute atomic E-state index is 13.3. The number of hydrogen-bond donors (Lipinski definition) is 2. The van der Waals surface area contributed by atoms with Gasteiger partial charge in [0.1, 0.15) is 5.82 Å². The predicted octanol–water partition coefficient (Wildman–Crippen LogP) is 4.22. The lowest BCUT2D eigenvalue weighted by Gasteiger charge is -2.25. The van der Waals surface area contributed by atoms with E-state index in [0.29, 0.717) is 12.8 Å². The van der Waals surface area contributed by atoms with E-state index >= 15 is 0 Å². The van der Waals surface area contributed by atoms with Crippen LogP contribution in [-0.4, -0.2) is 27.5 Å². The van der Waals surface area contributed by atoms with Gasteiger partial charge in [-0.2, -0.15) is 13.2 Å². The monoisotopic (exact) mass is 472 g/mol. The van der Waals surface area contributed by atoms with Gasteiger partial charge < -0.3 is 10.6 Å². The second-order valence-electron chi connectivity index (χ2n) is 7.71. The van der Waals surface area contributed by atoms with Gasteiger partial charge in [0.05, 0.1) is 0 Å². The maximum atomic E-state index is 13.3. The van der Waals surface area contributed by atoms with Crippen molar-refractivity contribution in [3.05, 3.63) is 50.7 Å². The van der Waals surface area contributed by atoms with Crippen molar-refractivity contribution in [3.63, 3.8) is 0 Å². The molecule has 11 heteroatoms. The number of H-pyrrole nitrogens is 1. The number of alkyl halides is 3. The number of halogens is 3. The first-order valence-electron chi connectivity index (χ1n) is 10.2. The molecule has 0 aliphatic carbocycles. The fourth-order valence-corrected chi connectivity index (χ4v) is 3.57. The zero-order valence-electron chi connectivity index (χ0n) is 18.2. The summed E-state index contributed by atoms with van der Waals surface area (Å²) in [5.74, 6) is -0.511. The summed E-state index contributed by atoms with van der Waals surface area (Å²) in [6.45, 7) is 6.26. The molecule has 0 spiro atoms. The molecule has 32 heavy (non-hydrogen) atoms. The van der Waals surface area contributed by atoms with Crippen molar-refractivity contribution in [3.8, 4) is 0 Å². The second kappa shape index (κ2) is 10.8. The number of nitrogens with two attached hydrogens (primary N) is 1. The number of rotatable bonds is 9. The minimum atomic E-state index is -4.44. The van der Waals surface area contributed by atoms with Crippen LogP contribution >= 0.6 is 11.8 Å². The maximum Gasteiger partial charge on any atom is 0.446 e. The number of aromatic nitrogens is 2. The summed E-state index contributed by atoms with van der Waals surface area (Å²) in [5, 5.41) is 0. The van der Waals surface area contributed by atoms with Crippen molar-refractivity contribution in [2.24, 2.45) is 5.92 Å². The van der Waals surface area contributed by atoms with Crippen LogP contribution in [0.5, 0.6) is 0 Å². The van der Waals surface area contributed by atoms with E-state index in [4.69, 9.17) is 5.73 Å². The van der Waals surface area contributed by atoms with Gasteiger partial charge in [0.2, 0.25) is 0 Å². The number of amides is 1. The summed E-state index contributed by atoms with van der Waals surface area (Å²) < 4.78 is 39.0.